The lowest BCUT2D eigenvalue weighted by molar-refractivity contribution is -0.671. The van der Waals surface area contributed by atoms with E-state index in [0.717, 1.165) is 12.0 Å². The van der Waals surface area contributed by atoms with Gasteiger partial charge in [-0.1, -0.05) is 0 Å². The Labute approximate surface area is 72.0 Å². The summed E-state index contributed by atoms with van der Waals surface area (Å²) >= 11 is 0. The third kappa shape index (κ3) is 2.05. The maximum absolute atomic E-state index is 10.1. The van der Waals surface area contributed by atoms with Gasteiger partial charge < -0.3 is 5.32 Å². The molecule has 1 amide bonds. The average Bonchev–Trinajstić information content (AvgIpc) is 2.06. The van der Waals surface area contributed by atoms with Gasteiger partial charge in [0.05, 0.1) is 6.04 Å². The quantitative estimate of drug-likeness (QED) is 0.507. The second-order valence-corrected chi connectivity index (χ2v) is 2.80. The van der Waals surface area contributed by atoms with E-state index in [1.165, 1.54) is 0 Å². The van der Waals surface area contributed by atoms with E-state index in [1.807, 2.05) is 43.1 Å². The van der Waals surface area contributed by atoms with Gasteiger partial charge in [0.25, 0.3) is 0 Å². The molecule has 0 unspecified atom stereocenters. The maximum atomic E-state index is 10.1. The monoisotopic (exact) mass is 165 g/mol. The molecule has 3 nitrogen and oxygen atoms in total. The number of amides is 1. The summed E-state index contributed by atoms with van der Waals surface area (Å²) in [5.41, 5.74) is 1.11. The van der Waals surface area contributed by atoms with Crippen molar-refractivity contribution in [3.63, 3.8) is 0 Å². The molecule has 0 saturated heterocycles. The number of aryl methyl sites for hydroxylation is 1. The Morgan fingerprint density at radius 3 is 2.58 bits per heavy atom. The Morgan fingerprint density at radius 1 is 1.50 bits per heavy atom. The van der Waals surface area contributed by atoms with Crippen molar-refractivity contribution in [2.75, 3.05) is 0 Å². The Balaban J connectivity index is 2.74. The van der Waals surface area contributed by atoms with Crippen LogP contribution < -0.4 is 9.88 Å². The zero-order valence-corrected chi connectivity index (χ0v) is 7.32. The molecule has 0 aliphatic heterocycles. The molecule has 1 atom stereocenters. The molecule has 0 radical (unpaired) electrons. The smallest absolute Gasteiger partial charge is 0.207 e. The number of nitrogens with one attached hydrogen (secondary N) is 1. The van der Waals surface area contributed by atoms with Crippen molar-refractivity contribution >= 4 is 6.41 Å². The van der Waals surface area contributed by atoms with E-state index in [1.54, 1.807) is 0 Å². The Hall–Kier alpha value is -1.38. The van der Waals surface area contributed by atoms with Crippen molar-refractivity contribution in [3.05, 3.63) is 30.1 Å². The normalized spacial score (nSPS) is 12.2. The second kappa shape index (κ2) is 3.85. The van der Waals surface area contributed by atoms with Gasteiger partial charge in [0, 0.05) is 12.1 Å². The Kier molecular flexibility index (Phi) is 2.80. The minimum Gasteiger partial charge on any atom is -0.352 e. The molecule has 0 saturated carbocycles. The highest BCUT2D eigenvalue weighted by Crippen LogP contribution is 2.07. The van der Waals surface area contributed by atoms with Gasteiger partial charge in [-0.25, -0.2) is 4.57 Å². The molecule has 0 aliphatic rings. The fourth-order valence-electron chi connectivity index (χ4n) is 0.999. The van der Waals surface area contributed by atoms with E-state index < -0.39 is 0 Å². The molecule has 0 spiro atoms. The zero-order chi connectivity index (χ0) is 8.97. The first kappa shape index (κ1) is 8.71. The van der Waals surface area contributed by atoms with E-state index in [-0.39, 0.29) is 6.04 Å². The predicted molar refractivity (Wildman–Crippen MR) is 45.2 cm³/mol. The molecule has 0 aliphatic carbocycles. The van der Waals surface area contributed by atoms with Crippen LogP contribution in [0.25, 0.3) is 0 Å². The van der Waals surface area contributed by atoms with Crippen LogP contribution in [0.3, 0.4) is 0 Å². The van der Waals surface area contributed by atoms with Gasteiger partial charge in [-0.3, -0.25) is 4.79 Å². The highest BCUT2D eigenvalue weighted by Gasteiger charge is 2.03. The number of carbonyl (C=O) groups is 1. The number of nitrogens with zero attached hydrogens (tertiary/aromatic N) is 1. The van der Waals surface area contributed by atoms with E-state index >= 15 is 0 Å². The predicted octanol–water partition coefficient (Wildman–Crippen LogP) is 0.318. The molecule has 64 valence electrons. The maximum Gasteiger partial charge on any atom is 0.207 e. The third-order valence-electron chi connectivity index (χ3n) is 1.82. The number of hydrogen-bond donors (Lipinski definition) is 1. The fraction of sp³-hybridized carbons (Fsp3) is 0.333. The molecule has 1 aromatic rings. The minimum absolute atomic E-state index is 0.0868. The van der Waals surface area contributed by atoms with E-state index in [9.17, 15) is 4.79 Å². The first-order valence-electron chi connectivity index (χ1n) is 3.89. The molecule has 0 fully saturated rings. The Bertz CT molecular complexity index is 256. The number of pyridine rings is 1. The lowest BCUT2D eigenvalue weighted by atomic mass is 10.1. The first-order chi connectivity index (χ1) is 5.74. The number of aromatic nitrogens is 1. The lowest BCUT2D eigenvalue weighted by Crippen LogP contribution is -2.27. The number of hydrogen-bond acceptors (Lipinski definition) is 1. The summed E-state index contributed by atoms with van der Waals surface area (Å²) in [4.78, 5) is 10.1. The summed E-state index contributed by atoms with van der Waals surface area (Å²) < 4.78 is 1.96. The van der Waals surface area contributed by atoms with E-state index in [2.05, 4.69) is 5.32 Å². The van der Waals surface area contributed by atoms with Crippen LogP contribution in [0.15, 0.2) is 24.5 Å². The summed E-state index contributed by atoms with van der Waals surface area (Å²) in [6.07, 6.45) is 4.63. The van der Waals surface area contributed by atoms with Gasteiger partial charge in [-0.05, 0) is 12.5 Å². The summed E-state index contributed by atoms with van der Waals surface area (Å²) in [6, 6.07) is 4.06. The molecule has 1 N–H and O–H groups in total. The van der Waals surface area contributed by atoms with Crippen LogP contribution in [0.4, 0.5) is 0 Å². The van der Waals surface area contributed by atoms with Crippen molar-refractivity contribution in [1.82, 2.24) is 5.32 Å². The van der Waals surface area contributed by atoms with Crippen molar-refractivity contribution in [2.45, 2.75) is 13.0 Å². The van der Waals surface area contributed by atoms with Gasteiger partial charge in [0.15, 0.2) is 12.4 Å². The van der Waals surface area contributed by atoms with Crippen LogP contribution in [0.5, 0.6) is 0 Å². The molecule has 12 heavy (non-hydrogen) atoms. The first-order valence-corrected chi connectivity index (χ1v) is 3.89. The van der Waals surface area contributed by atoms with Gasteiger partial charge >= 0.3 is 0 Å². The SMILES string of the molecule is C[C@H](NC=O)c1cc[n+](C)cc1. The van der Waals surface area contributed by atoms with Crippen molar-refractivity contribution in [2.24, 2.45) is 7.05 Å². The van der Waals surface area contributed by atoms with Gasteiger partial charge in [-0.2, -0.15) is 0 Å². The molecule has 0 bridgehead atoms. The van der Waals surface area contributed by atoms with Crippen LogP contribution in [0.2, 0.25) is 0 Å². The van der Waals surface area contributed by atoms with Crippen LogP contribution in [-0.2, 0) is 11.8 Å². The van der Waals surface area contributed by atoms with Gasteiger partial charge in [0.1, 0.15) is 7.05 Å². The summed E-state index contributed by atoms with van der Waals surface area (Å²) in [6.45, 7) is 1.95. The van der Waals surface area contributed by atoms with Crippen LogP contribution in [0, 0.1) is 0 Å². The van der Waals surface area contributed by atoms with Crippen LogP contribution >= 0.6 is 0 Å². The summed E-state index contributed by atoms with van der Waals surface area (Å²) in [5, 5.41) is 2.69. The molecule has 0 aromatic carbocycles. The molecular formula is C9H13N2O+. The van der Waals surface area contributed by atoms with E-state index in [4.69, 9.17) is 0 Å². The fourth-order valence-corrected chi connectivity index (χ4v) is 0.999. The largest absolute Gasteiger partial charge is 0.352 e. The van der Waals surface area contributed by atoms with Gasteiger partial charge in [-0.15, -0.1) is 0 Å². The third-order valence-corrected chi connectivity index (χ3v) is 1.82. The van der Waals surface area contributed by atoms with E-state index in [0.29, 0.717) is 0 Å². The molecular weight excluding hydrogens is 152 g/mol. The second-order valence-electron chi connectivity index (χ2n) is 2.80. The lowest BCUT2D eigenvalue weighted by Gasteiger charge is -2.08. The van der Waals surface area contributed by atoms with Crippen molar-refractivity contribution < 1.29 is 9.36 Å². The highest BCUT2D eigenvalue weighted by molar-refractivity contribution is 5.47. The van der Waals surface area contributed by atoms with Crippen LogP contribution in [-0.4, -0.2) is 6.41 Å². The van der Waals surface area contributed by atoms with Crippen LogP contribution in [0.1, 0.15) is 18.5 Å². The van der Waals surface area contributed by atoms with Gasteiger partial charge in [0.2, 0.25) is 6.41 Å². The topological polar surface area (TPSA) is 33.0 Å². The standard InChI is InChI=1S/C9H12N2O/c1-8(10-7-12)9-3-5-11(2)6-4-9/h3-8H,1-2H3/p+1/t8-/m0/s1. The van der Waals surface area contributed by atoms with Crippen molar-refractivity contribution in [1.29, 1.82) is 0 Å². The highest BCUT2D eigenvalue weighted by atomic mass is 16.1. The summed E-state index contributed by atoms with van der Waals surface area (Å²) in [7, 11) is 1.96. The molecule has 1 rings (SSSR count). The average molecular weight is 165 g/mol. The molecule has 1 aromatic heterocycles. The van der Waals surface area contributed by atoms with Crippen molar-refractivity contribution in [3.8, 4) is 0 Å². The Morgan fingerprint density at radius 2 is 2.08 bits per heavy atom. The molecule has 1 heterocycles. The minimum atomic E-state index is 0.0868. The number of carbonyl (C=O) groups excluding carboxylic acids is 1. The number of rotatable bonds is 3. The summed E-state index contributed by atoms with van der Waals surface area (Å²) in [5.74, 6) is 0. The molecule has 3 heteroatoms. The zero-order valence-electron chi connectivity index (χ0n) is 7.32.